The van der Waals surface area contributed by atoms with Crippen LogP contribution in [0.1, 0.15) is 44.2 Å². The van der Waals surface area contributed by atoms with Gasteiger partial charge in [0, 0.05) is 30.3 Å². The molecule has 1 atom stereocenters. The van der Waals surface area contributed by atoms with Crippen LogP contribution in [-0.2, 0) is 4.79 Å². The Morgan fingerprint density at radius 3 is 2.50 bits per heavy atom. The average molecular weight is 344 g/mol. The van der Waals surface area contributed by atoms with Gasteiger partial charge in [-0.3, -0.25) is 9.59 Å². The highest BCUT2D eigenvalue weighted by Crippen LogP contribution is 2.19. The Labute approximate surface area is 128 Å². The Morgan fingerprint density at radius 1 is 1.40 bits per heavy atom. The molecule has 0 aliphatic heterocycles. The minimum absolute atomic E-state index is 0.0948. The standard InChI is InChI=1S/C14H22BrN3O2/c1-6-17(5)14(20)10(4)16-13(19)12-7-11(15)8-18(12)9(2)3/h7-10H,6H2,1-5H3,(H,16,19). The fourth-order valence-electron chi connectivity index (χ4n) is 1.87. The Morgan fingerprint density at radius 2 is 2.00 bits per heavy atom. The van der Waals surface area contributed by atoms with Crippen molar-refractivity contribution < 1.29 is 9.59 Å². The van der Waals surface area contributed by atoms with Crippen LogP contribution in [0.3, 0.4) is 0 Å². The van der Waals surface area contributed by atoms with Crippen LogP contribution in [0, 0.1) is 0 Å². The molecule has 0 spiro atoms. The number of carbonyl (C=O) groups is 2. The quantitative estimate of drug-likeness (QED) is 0.892. The zero-order chi connectivity index (χ0) is 15.4. The zero-order valence-corrected chi connectivity index (χ0v) is 14.2. The van der Waals surface area contributed by atoms with Gasteiger partial charge in [0.2, 0.25) is 5.91 Å². The van der Waals surface area contributed by atoms with Gasteiger partial charge in [0.1, 0.15) is 11.7 Å². The summed E-state index contributed by atoms with van der Waals surface area (Å²) in [6, 6.07) is 1.39. The van der Waals surface area contributed by atoms with Crippen LogP contribution in [0.5, 0.6) is 0 Å². The normalized spacial score (nSPS) is 12.3. The Hall–Kier alpha value is -1.30. The first-order chi connectivity index (χ1) is 9.27. The number of nitrogens with one attached hydrogen (secondary N) is 1. The molecule has 1 rings (SSSR count). The third-order valence-corrected chi connectivity index (χ3v) is 3.61. The second-order valence-corrected chi connectivity index (χ2v) is 6.01. The summed E-state index contributed by atoms with van der Waals surface area (Å²) in [4.78, 5) is 25.8. The highest BCUT2D eigenvalue weighted by atomic mass is 79.9. The van der Waals surface area contributed by atoms with Gasteiger partial charge in [0.05, 0.1) is 0 Å². The number of halogens is 1. The molecule has 1 heterocycles. The molecule has 1 aromatic rings. The monoisotopic (exact) mass is 343 g/mol. The number of hydrogen-bond donors (Lipinski definition) is 1. The maximum atomic E-state index is 12.3. The number of amides is 2. The number of likely N-dealkylation sites (N-methyl/N-ethyl adjacent to an activating group) is 1. The van der Waals surface area contributed by atoms with E-state index in [1.54, 1.807) is 24.9 Å². The van der Waals surface area contributed by atoms with Gasteiger partial charge in [-0.25, -0.2) is 0 Å². The van der Waals surface area contributed by atoms with Crippen molar-refractivity contribution in [3.8, 4) is 0 Å². The Kier molecular flexibility index (Phi) is 5.80. The molecule has 6 heteroatoms. The lowest BCUT2D eigenvalue weighted by atomic mass is 10.2. The predicted octanol–water partition coefficient (Wildman–Crippen LogP) is 2.43. The molecule has 20 heavy (non-hydrogen) atoms. The molecule has 2 amide bonds. The van der Waals surface area contributed by atoms with Gasteiger partial charge in [-0.2, -0.15) is 0 Å². The van der Waals surface area contributed by atoms with Gasteiger partial charge in [0.15, 0.2) is 0 Å². The van der Waals surface area contributed by atoms with E-state index < -0.39 is 6.04 Å². The lowest BCUT2D eigenvalue weighted by Crippen LogP contribution is -2.45. The van der Waals surface area contributed by atoms with Gasteiger partial charge in [-0.05, 0) is 49.7 Å². The lowest BCUT2D eigenvalue weighted by molar-refractivity contribution is -0.131. The van der Waals surface area contributed by atoms with Crippen LogP contribution in [0.15, 0.2) is 16.7 Å². The van der Waals surface area contributed by atoms with Crippen molar-refractivity contribution in [1.82, 2.24) is 14.8 Å². The lowest BCUT2D eigenvalue weighted by Gasteiger charge is -2.21. The molecule has 0 bridgehead atoms. The van der Waals surface area contributed by atoms with Gasteiger partial charge < -0.3 is 14.8 Å². The highest BCUT2D eigenvalue weighted by Gasteiger charge is 2.21. The van der Waals surface area contributed by atoms with Crippen molar-refractivity contribution in [1.29, 1.82) is 0 Å². The molecule has 0 radical (unpaired) electrons. The van der Waals surface area contributed by atoms with Crippen LogP contribution in [0.25, 0.3) is 0 Å². The van der Waals surface area contributed by atoms with Crippen molar-refractivity contribution in [3.63, 3.8) is 0 Å². The van der Waals surface area contributed by atoms with Crippen LogP contribution in [-0.4, -0.2) is 40.9 Å². The number of hydrogen-bond acceptors (Lipinski definition) is 2. The number of nitrogens with zero attached hydrogens (tertiary/aromatic N) is 2. The van der Waals surface area contributed by atoms with E-state index in [1.807, 2.05) is 31.5 Å². The molecule has 0 aliphatic rings. The first-order valence-corrected chi connectivity index (χ1v) is 7.50. The topological polar surface area (TPSA) is 54.3 Å². The van der Waals surface area contributed by atoms with Crippen LogP contribution >= 0.6 is 15.9 Å². The van der Waals surface area contributed by atoms with Gasteiger partial charge in [0.25, 0.3) is 5.91 Å². The van der Waals surface area contributed by atoms with E-state index in [0.717, 1.165) is 4.47 Å². The summed E-state index contributed by atoms with van der Waals surface area (Å²) < 4.78 is 2.72. The molecule has 0 aromatic carbocycles. The highest BCUT2D eigenvalue weighted by molar-refractivity contribution is 9.10. The Bertz CT molecular complexity index is 497. The maximum absolute atomic E-state index is 12.3. The molecule has 0 aliphatic carbocycles. The molecule has 112 valence electrons. The first kappa shape index (κ1) is 16.8. The van der Waals surface area contributed by atoms with E-state index in [-0.39, 0.29) is 17.9 Å². The fraction of sp³-hybridized carbons (Fsp3) is 0.571. The third-order valence-electron chi connectivity index (χ3n) is 3.17. The molecule has 0 saturated heterocycles. The van der Waals surface area contributed by atoms with Crippen LogP contribution in [0.4, 0.5) is 0 Å². The van der Waals surface area contributed by atoms with Crippen LogP contribution < -0.4 is 5.32 Å². The van der Waals surface area contributed by atoms with Crippen molar-refractivity contribution in [2.24, 2.45) is 0 Å². The molecular weight excluding hydrogens is 322 g/mol. The average Bonchev–Trinajstić information content (AvgIpc) is 2.79. The summed E-state index contributed by atoms with van der Waals surface area (Å²) >= 11 is 3.37. The number of rotatable bonds is 5. The second kappa shape index (κ2) is 6.92. The zero-order valence-electron chi connectivity index (χ0n) is 12.6. The van der Waals surface area contributed by atoms with Gasteiger partial charge in [-0.1, -0.05) is 0 Å². The van der Waals surface area contributed by atoms with E-state index in [0.29, 0.717) is 12.2 Å². The minimum atomic E-state index is -0.540. The largest absolute Gasteiger partial charge is 0.344 e. The fourth-order valence-corrected chi connectivity index (χ4v) is 2.31. The molecule has 1 N–H and O–H groups in total. The molecule has 0 saturated carbocycles. The van der Waals surface area contributed by atoms with E-state index in [9.17, 15) is 9.59 Å². The van der Waals surface area contributed by atoms with Crippen molar-refractivity contribution in [3.05, 3.63) is 22.4 Å². The molecule has 1 unspecified atom stereocenters. The summed E-state index contributed by atoms with van der Waals surface area (Å²) in [7, 11) is 1.72. The molecule has 5 nitrogen and oxygen atoms in total. The smallest absolute Gasteiger partial charge is 0.268 e. The molecule has 1 aromatic heterocycles. The first-order valence-electron chi connectivity index (χ1n) is 6.71. The van der Waals surface area contributed by atoms with Crippen LogP contribution in [0.2, 0.25) is 0 Å². The summed E-state index contributed by atoms with van der Waals surface area (Å²) in [5.74, 6) is -0.336. The van der Waals surface area contributed by atoms with E-state index in [4.69, 9.17) is 0 Å². The summed E-state index contributed by atoms with van der Waals surface area (Å²) in [5, 5.41) is 2.75. The third kappa shape index (κ3) is 3.85. The summed E-state index contributed by atoms with van der Waals surface area (Å²) in [6.07, 6.45) is 1.87. The van der Waals surface area contributed by atoms with Crippen molar-refractivity contribution >= 4 is 27.7 Å². The summed E-state index contributed by atoms with van der Waals surface area (Å²) in [5.41, 5.74) is 0.547. The van der Waals surface area contributed by atoms with Gasteiger partial charge in [-0.15, -0.1) is 0 Å². The minimum Gasteiger partial charge on any atom is -0.344 e. The van der Waals surface area contributed by atoms with Crippen molar-refractivity contribution in [2.45, 2.75) is 39.8 Å². The van der Waals surface area contributed by atoms with Gasteiger partial charge >= 0.3 is 0 Å². The number of carbonyl (C=O) groups excluding carboxylic acids is 2. The SMILES string of the molecule is CCN(C)C(=O)C(C)NC(=O)c1cc(Br)cn1C(C)C. The van der Waals surface area contributed by atoms with Crippen molar-refractivity contribution in [2.75, 3.05) is 13.6 Å². The van der Waals surface area contributed by atoms with E-state index in [1.165, 1.54) is 0 Å². The Balaban J connectivity index is 2.84. The van der Waals surface area contributed by atoms with E-state index in [2.05, 4.69) is 21.2 Å². The maximum Gasteiger partial charge on any atom is 0.268 e. The predicted molar refractivity (Wildman–Crippen MR) is 82.8 cm³/mol. The molecular formula is C14H22BrN3O2. The summed E-state index contributed by atoms with van der Waals surface area (Å²) in [6.45, 7) is 8.22. The van der Waals surface area contributed by atoms with E-state index >= 15 is 0 Å². The molecule has 0 fully saturated rings. The second-order valence-electron chi connectivity index (χ2n) is 5.09. The number of aromatic nitrogens is 1.